The lowest BCUT2D eigenvalue weighted by molar-refractivity contribution is 0.122. The number of fused-ring (bicyclic) bond motifs is 2. The molecule has 1 unspecified atom stereocenters. The first-order chi connectivity index (χ1) is 14.8. The summed E-state index contributed by atoms with van der Waals surface area (Å²) >= 11 is 0. The van der Waals surface area contributed by atoms with Crippen molar-refractivity contribution in [1.82, 2.24) is 25.1 Å². The van der Waals surface area contributed by atoms with Crippen molar-refractivity contribution in [3.8, 4) is 0 Å². The maximum atomic E-state index is 5.62. The first-order valence-electron chi connectivity index (χ1n) is 11.8. The van der Waals surface area contributed by atoms with E-state index >= 15 is 0 Å². The zero-order chi connectivity index (χ0) is 21.6. The van der Waals surface area contributed by atoms with E-state index in [9.17, 15) is 0 Å². The topological polar surface area (TPSA) is 70.2 Å². The number of anilines is 1. The van der Waals surface area contributed by atoms with Crippen LogP contribution >= 0.6 is 0 Å². The third-order valence-electron chi connectivity index (χ3n) is 7.12. The fraction of sp³-hybridized carbons (Fsp3) is 0.708. The number of hydrogen-bond acceptors (Lipinski definition) is 6. The van der Waals surface area contributed by atoms with Crippen LogP contribution in [0.15, 0.2) is 6.07 Å². The number of hydrogen-bond donors (Lipinski definition) is 1. The van der Waals surface area contributed by atoms with E-state index in [1.54, 1.807) is 0 Å². The molecule has 5 rings (SSSR count). The van der Waals surface area contributed by atoms with E-state index in [4.69, 9.17) is 14.7 Å². The van der Waals surface area contributed by atoms with Gasteiger partial charge in [0.05, 0.1) is 24.6 Å². The van der Waals surface area contributed by atoms with Gasteiger partial charge in [-0.25, -0.2) is 9.97 Å². The molecule has 0 bridgehead atoms. The predicted octanol–water partition coefficient (Wildman–Crippen LogP) is 3.12. The Kier molecular flexibility index (Phi) is 5.29. The highest BCUT2D eigenvalue weighted by Gasteiger charge is 2.46. The van der Waals surface area contributed by atoms with Gasteiger partial charge in [0, 0.05) is 48.3 Å². The summed E-state index contributed by atoms with van der Waals surface area (Å²) in [6.45, 7) is 15.3. The summed E-state index contributed by atoms with van der Waals surface area (Å²) in [5, 5.41) is 7.57. The van der Waals surface area contributed by atoms with E-state index in [0.717, 1.165) is 69.6 Å². The molecule has 31 heavy (non-hydrogen) atoms. The number of piperidine rings is 1. The fourth-order valence-electron chi connectivity index (χ4n) is 5.54. The quantitative estimate of drug-likeness (QED) is 0.816. The van der Waals surface area contributed by atoms with Gasteiger partial charge in [0.2, 0.25) is 0 Å². The third kappa shape index (κ3) is 3.98. The summed E-state index contributed by atoms with van der Waals surface area (Å²) in [7, 11) is 0. The number of aryl methyl sites for hydroxylation is 1. The van der Waals surface area contributed by atoms with Gasteiger partial charge in [-0.05, 0) is 45.2 Å². The SMILES string of the molecule is Cc1cc(CN2CCCC3(CCc4c(N5CCOCC5)nc(C(C)(C)C)nc43)C2)n[nH]1. The van der Waals surface area contributed by atoms with E-state index < -0.39 is 0 Å². The Hall–Kier alpha value is -1.99. The van der Waals surface area contributed by atoms with Crippen molar-refractivity contribution in [3.63, 3.8) is 0 Å². The predicted molar refractivity (Wildman–Crippen MR) is 122 cm³/mol. The van der Waals surface area contributed by atoms with Gasteiger partial charge in [-0.1, -0.05) is 20.8 Å². The van der Waals surface area contributed by atoms with E-state index in [1.807, 2.05) is 0 Å². The number of likely N-dealkylation sites (tertiary alicyclic amines) is 1. The highest BCUT2D eigenvalue weighted by atomic mass is 16.5. The lowest BCUT2D eigenvalue weighted by Crippen LogP contribution is -2.45. The summed E-state index contributed by atoms with van der Waals surface area (Å²) in [5.41, 5.74) is 5.07. The molecule has 0 aromatic carbocycles. The van der Waals surface area contributed by atoms with Gasteiger partial charge in [0.15, 0.2) is 0 Å². The van der Waals surface area contributed by atoms with Crippen LogP contribution in [-0.2, 0) is 28.5 Å². The molecule has 7 heteroatoms. The molecule has 0 amide bonds. The van der Waals surface area contributed by atoms with Crippen LogP contribution in [0.2, 0.25) is 0 Å². The lowest BCUT2D eigenvalue weighted by Gasteiger charge is -2.41. The summed E-state index contributed by atoms with van der Waals surface area (Å²) in [6, 6.07) is 2.17. The minimum Gasteiger partial charge on any atom is -0.378 e. The molecule has 168 valence electrons. The van der Waals surface area contributed by atoms with E-state index in [1.165, 1.54) is 36.3 Å². The number of nitrogens with zero attached hydrogens (tertiary/aromatic N) is 5. The van der Waals surface area contributed by atoms with Crippen molar-refractivity contribution >= 4 is 5.82 Å². The second-order valence-electron chi connectivity index (χ2n) is 10.7. The Balaban J connectivity index is 1.50. The van der Waals surface area contributed by atoms with Crippen LogP contribution in [0.3, 0.4) is 0 Å². The van der Waals surface area contributed by atoms with E-state index in [0.29, 0.717) is 0 Å². The van der Waals surface area contributed by atoms with Gasteiger partial charge in [0.1, 0.15) is 11.6 Å². The summed E-state index contributed by atoms with van der Waals surface area (Å²) in [5.74, 6) is 2.16. The van der Waals surface area contributed by atoms with Crippen molar-refractivity contribution in [2.24, 2.45) is 0 Å². The number of morpholine rings is 1. The van der Waals surface area contributed by atoms with Gasteiger partial charge in [0.25, 0.3) is 0 Å². The molecule has 2 aromatic heterocycles. The molecule has 3 aliphatic rings. The third-order valence-corrected chi connectivity index (χ3v) is 7.12. The van der Waals surface area contributed by atoms with Crippen molar-refractivity contribution < 1.29 is 4.74 Å². The van der Waals surface area contributed by atoms with Gasteiger partial charge in [-0.2, -0.15) is 5.10 Å². The van der Waals surface area contributed by atoms with Gasteiger partial charge in [-0.3, -0.25) is 10.00 Å². The molecular formula is C24H36N6O. The van der Waals surface area contributed by atoms with Crippen LogP contribution in [0.5, 0.6) is 0 Å². The van der Waals surface area contributed by atoms with Crippen molar-refractivity contribution in [2.45, 2.75) is 70.8 Å². The Bertz CT molecular complexity index is 942. The van der Waals surface area contributed by atoms with Crippen LogP contribution in [0, 0.1) is 6.92 Å². The minimum atomic E-state index is -0.0687. The first kappa shape index (κ1) is 20.9. The number of H-pyrrole nitrogens is 1. The molecule has 1 N–H and O–H groups in total. The molecule has 0 saturated carbocycles. The van der Waals surface area contributed by atoms with Crippen LogP contribution in [0.4, 0.5) is 5.82 Å². The van der Waals surface area contributed by atoms with Gasteiger partial charge < -0.3 is 9.64 Å². The van der Waals surface area contributed by atoms with Crippen LogP contribution < -0.4 is 4.90 Å². The Morgan fingerprint density at radius 1 is 1.13 bits per heavy atom. The molecule has 2 aliphatic heterocycles. The van der Waals surface area contributed by atoms with Crippen LogP contribution in [-0.4, -0.2) is 64.5 Å². The van der Waals surface area contributed by atoms with E-state index in [-0.39, 0.29) is 10.8 Å². The Labute approximate surface area is 185 Å². The van der Waals surface area contributed by atoms with Crippen molar-refractivity contribution in [1.29, 1.82) is 0 Å². The van der Waals surface area contributed by atoms with Crippen molar-refractivity contribution in [3.05, 3.63) is 34.5 Å². The number of aromatic nitrogens is 4. The number of ether oxygens (including phenoxy) is 1. The number of aromatic amines is 1. The summed E-state index contributed by atoms with van der Waals surface area (Å²) < 4.78 is 5.62. The summed E-state index contributed by atoms with van der Waals surface area (Å²) in [6.07, 6.45) is 4.70. The lowest BCUT2D eigenvalue weighted by atomic mass is 9.77. The maximum Gasteiger partial charge on any atom is 0.136 e. The van der Waals surface area contributed by atoms with Gasteiger partial charge >= 0.3 is 0 Å². The highest BCUT2D eigenvalue weighted by molar-refractivity contribution is 5.55. The Morgan fingerprint density at radius 3 is 2.65 bits per heavy atom. The standard InChI is InChI=1S/C24H36N6O/c1-17-14-18(28-27-17)15-29-9-5-7-24(16-29)8-6-19-20(24)25-22(23(2,3)4)26-21(19)30-10-12-31-13-11-30/h14H,5-13,15-16H2,1-4H3,(H,27,28). The second kappa shape index (κ2) is 7.85. The zero-order valence-electron chi connectivity index (χ0n) is 19.5. The van der Waals surface area contributed by atoms with Crippen LogP contribution in [0.1, 0.15) is 68.5 Å². The fourth-order valence-corrected chi connectivity index (χ4v) is 5.54. The molecule has 1 atom stereocenters. The molecule has 2 fully saturated rings. The molecule has 4 heterocycles. The molecule has 7 nitrogen and oxygen atoms in total. The monoisotopic (exact) mass is 424 g/mol. The largest absolute Gasteiger partial charge is 0.378 e. The molecule has 1 aliphatic carbocycles. The maximum absolute atomic E-state index is 5.62. The molecule has 1 spiro atoms. The minimum absolute atomic E-state index is 0.0687. The smallest absolute Gasteiger partial charge is 0.136 e. The average molecular weight is 425 g/mol. The zero-order valence-corrected chi connectivity index (χ0v) is 19.5. The molecule has 0 radical (unpaired) electrons. The number of rotatable bonds is 3. The molecule has 2 saturated heterocycles. The van der Waals surface area contributed by atoms with Crippen LogP contribution in [0.25, 0.3) is 0 Å². The van der Waals surface area contributed by atoms with Gasteiger partial charge in [-0.15, -0.1) is 0 Å². The molecular weight excluding hydrogens is 388 g/mol. The van der Waals surface area contributed by atoms with Crippen molar-refractivity contribution in [2.75, 3.05) is 44.3 Å². The second-order valence-corrected chi connectivity index (χ2v) is 10.7. The average Bonchev–Trinajstić information content (AvgIpc) is 3.31. The first-order valence-corrected chi connectivity index (χ1v) is 11.8. The highest BCUT2D eigenvalue weighted by Crippen LogP contribution is 2.47. The molecule has 2 aromatic rings. The number of nitrogens with one attached hydrogen (secondary N) is 1. The van der Waals surface area contributed by atoms with E-state index in [2.05, 4.69) is 53.8 Å². The summed E-state index contributed by atoms with van der Waals surface area (Å²) in [4.78, 5) is 15.4. The normalized spacial score (nSPS) is 24.7. The Morgan fingerprint density at radius 2 is 1.94 bits per heavy atom.